The average Bonchev–Trinajstić information content (AvgIpc) is 3.16. The Morgan fingerprint density at radius 1 is 1.07 bits per heavy atom. The van der Waals surface area contributed by atoms with Crippen molar-refractivity contribution >= 4 is 21.8 Å². The Bertz CT molecular complexity index is 1060. The second-order valence-corrected chi connectivity index (χ2v) is 8.53. The Balaban J connectivity index is 1.51. The molecule has 2 aromatic carbocycles. The minimum absolute atomic E-state index is 0.0282. The van der Waals surface area contributed by atoms with Crippen molar-refractivity contribution in [1.82, 2.24) is 10.2 Å². The quantitative estimate of drug-likeness (QED) is 0.571. The van der Waals surface area contributed by atoms with Gasteiger partial charge in [-0.25, -0.2) is 8.42 Å². The lowest BCUT2D eigenvalue weighted by atomic mass is 10.2. The van der Waals surface area contributed by atoms with Gasteiger partial charge in [-0.15, -0.1) is 5.10 Å². The maximum absolute atomic E-state index is 12.2. The zero-order chi connectivity index (χ0) is 20.7. The van der Waals surface area contributed by atoms with Crippen molar-refractivity contribution in [2.75, 3.05) is 18.2 Å². The molecule has 29 heavy (non-hydrogen) atoms. The van der Waals surface area contributed by atoms with E-state index in [0.717, 1.165) is 5.56 Å². The van der Waals surface area contributed by atoms with Crippen LogP contribution in [0.3, 0.4) is 0 Å². The molecule has 0 unspecified atom stereocenters. The van der Waals surface area contributed by atoms with Gasteiger partial charge in [-0.2, -0.15) is 0 Å². The highest BCUT2D eigenvalue weighted by Crippen LogP contribution is 2.29. The van der Waals surface area contributed by atoms with Gasteiger partial charge >= 0.3 is 6.01 Å². The number of benzene rings is 2. The maximum atomic E-state index is 12.2. The van der Waals surface area contributed by atoms with Crippen LogP contribution >= 0.6 is 0 Å². The van der Waals surface area contributed by atoms with Gasteiger partial charge in [0.2, 0.25) is 5.91 Å². The summed E-state index contributed by atoms with van der Waals surface area (Å²) in [5, 5.41) is 10.2. The van der Waals surface area contributed by atoms with E-state index in [4.69, 9.17) is 9.15 Å². The molecule has 0 radical (unpaired) electrons. The standard InChI is InChI=1S/C20H21N3O5S/c1-27-17-11-6-5-10-16(17)19-22-23-20(28-19)21-18(24)12-7-13-29(25,26)14-15-8-3-2-4-9-15/h2-6,8-11H,7,12-14H2,1H3,(H,21,23,24). The van der Waals surface area contributed by atoms with E-state index in [-0.39, 0.29) is 36.3 Å². The van der Waals surface area contributed by atoms with Gasteiger partial charge in [0.1, 0.15) is 5.75 Å². The molecule has 0 saturated heterocycles. The minimum Gasteiger partial charge on any atom is -0.496 e. The van der Waals surface area contributed by atoms with Gasteiger partial charge in [-0.05, 0) is 24.1 Å². The second kappa shape index (κ2) is 9.33. The zero-order valence-corrected chi connectivity index (χ0v) is 16.7. The van der Waals surface area contributed by atoms with E-state index in [1.165, 1.54) is 7.11 Å². The van der Waals surface area contributed by atoms with Gasteiger partial charge in [0.15, 0.2) is 9.84 Å². The molecule has 0 saturated carbocycles. The lowest BCUT2D eigenvalue weighted by molar-refractivity contribution is -0.116. The van der Waals surface area contributed by atoms with Crippen LogP contribution in [0, 0.1) is 0 Å². The van der Waals surface area contributed by atoms with Crippen molar-refractivity contribution in [2.45, 2.75) is 18.6 Å². The molecule has 1 heterocycles. The van der Waals surface area contributed by atoms with E-state index >= 15 is 0 Å². The van der Waals surface area contributed by atoms with E-state index in [1.807, 2.05) is 12.1 Å². The molecule has 0 aliphatic rings. The predicted molar refractivity (Wildman–Crippen MR) is 108 cm³/mol. The van der Waals surface area contributed by atoms with Crippen LogP contribution in [0.4, 0.5) is 6.01 Å². The summed E-state index contributed by atoms with van der Waals surface area (Å²) >= 11 is 0. The molecule has 0 aliphatic carbocycles. The zero-order valence-electron chi connectivity index (χ0n) is 15.9. The lowest BCUT2D eigenvalue weighted by Gasteiger charge is -2.05. The summed E-state index contributed by atoms with van der Waals surface area (Å²) in [6, 6.07) is 16.0. The number of sulfone groups is 1. The molecule has 0 spiro atoms. The molecule has 9 heteroatoms. The third kappa shape index (κ3) is 5.89. The van der Waals surface area contributed by atoms with Gasteiger partial charge < -0.3 is 9.15 Å². The number of nitrogens with one attached hydrogen (secondary N) is 1. The van der Waals surface area contributed by atoms with Crippen LogP contribution in [-0.2, 0) is 20.4 Å². The van der Waals surface area contributed by atoms with E-state index in [1.54, 1.807) is 42.5 Å². The van der Waals surface area contributed by atoms with Crippen molar-refractivity contribution in [3.8, 4) is 17.2 Å². The Hall–Kier alpha value is -3.20. The molecule has 1 N–H and O–H groups in total. The average molecular weight is 415 g/mol. The maximum Gasteiger partial charge on any atom is 0.322 e. The number of para-hydroxylation sites is 1. The first-order valence-electron chi connectivity index (χ1n) is 8.98. The largest absolute Gasteiger partial charge is 0.496 e. The number of rotatable bonds is 9. The third-order valence-electron chi connectivity index (χ3n) is 4.10. The van der Waals surface area contributed by atoms with Crippen LogP contribution in [-0.4, -0.2) is 37.4 Å². The topological polar surface area (TPSA) is 111 Å². The molecule has 0 atom stereocenters. The van der Waals surface area contributed by atoms with E-state index in [2.05, 4.69) is 15.5 Å². The molecule has 3 aromatic rings. The van der Waals surface area contributed by atoms with Crippen molar-refractivity contribution < 1.29 is 22.4 Å². The van der Waals surface area contributed by atoms with E-state index in [9.17, 15) is 13.2 Å². The summed E-state index contributed by atoms with van der Waals surface area (Å²) in [4.78, 5) is 12.1. The highest BCUT2D eigenvalue weighted by molar-refractivity contribution is 7.90. The van der Waals surface area contributed by atoms with Crippen LogP contribution in [0.1, 0.15) is 18.4 Å². The predicted octanol–water partition coefficient (Wildman–Crippen LogP) is 3.08. The molecule has 0 fully saturated rings. The normalized spacial score (nSPS) is 11.2. The Morgan fingerprint density at radius 3 is 2.55 bits per heavy atom. The number of hydrogen-bond acceptors (Lipinski definition) is 7. The van der Waals surface area contributed by atoms with Gasteiger partial charge in [0, 0.05) is 6.42 Å². The molecule has 1 amide bonds. The Kier molecular flexibility index (Phi) is 6.61. The summed E-state index contributed by atoms with van der Waals surface area (Å²) in [5.41, 5.74) is 1.33. The fourth-order valence-electron chi connectivity index (χ4n) is 2.74. The molecule has 3 rings (SSSR count). The van der Waals surface area contributed by atoms with Crippen molar-refractivity contribution in [3.05, 3.63) is 60.2 Å². The lowest BCUT2D eigenvalue weighted by Crippen LogP contribution is -2.15. The van der Waals surface area contributed by atoms with Crippen molar-refractivity contribution in [2.24, 2.45) is 0 Å². The first-order chi connectivity index (χ1) is 14.0. The Labute approximate surface area is 168 Å². The minimum atomic E-state index is -3.29. The molecule has 0 aliphatic heterocycles. The Morgan fingerprint density at radius 2 is 1.79 bits per heavy atom. The summed E-state index contributed by atoms with van der Waals surface area (Å²) < 4.78 is 35.1. The fourth-order valence-corrected chi connectivity index (χ4v) is 4.17. The van der Waals surface area contributed by atoms with E-state index in [0.29, 0.717) is 11.3 Å². The molecular formula is C20H21N3O5S. The smallest absolute Gasteiger partial charge is 0.322 e. The number of nitrogens with zero attached hydrogens (tertiary/aromatic N) is 2. The number of amides is 1. The van der Waals surface area contributed by atoms with Crippen LogP contribution in [0.5, 0.6) is 5.75 Å². The van der Waals surface area contributed by atoms with Crippen molar-refractivity contribution in [3.63, 3.8) is 0 Å². The summed E-state index contributed by atoms with van der Waals surface area (Å²) in [7, 11) is -1.76. The first-order valence-corrected chi connectivity index (χ1v) is 10.8. The number of carbonyl (C=O) groups excluding carboxylic acids is 1. The molecule has 8 nitrogen and oxygen atoms in total. The second-order valence-electron chi connectivity index (χ2n) is 6.34. The van der Waals surface area contributed by atoms with Gasteiger partial charge in [0.25, 0.3) is 5.89 Å². The number of carbonyl (C=O) groups is 1. The molecule has 1 aromatic heterocycles. The highest BCUT2D eigenvalue weighted by atomic mass is 32.2. The molecule has 0 bridgehead atoms. The van der Waals surface area contributed by atoms with Gasteiger partial charge in [-0.1, -0.05) is 47.6 Å². The number of aromatic nitrogens is 2. The number of anilines is 1. The molecule has 152 valence electrons. The van der Waals surface area contributed by atoms with Crippen LogP contribution in [0.2, 0.25) is 0 Å². The van der Waals surface area contributed by atoms with Crippen LogP contribution < -0.4 is 10.1 Å². The SMILES string of the molecule is COc1ccccc1-c1nnc(NC(=O)CCCS(=O)(=O)Cc2ccccc2)o1. The summed E-state index contributed by atoms with van der Waals surface area (Å²) in [5.74, 6) is 0.267. The van der Waals surface area contributed by atoms with Gasteiger partial charge in [-0.3, -0.25) is 10.1 Å². The van der Waals surface area contributed by atoms with E-state index < -0.39 is 15.7 Å². The number of methoxy groups -OCH3 is 1. The van der Waals surface area contributed by atoms with Crippen LogP contribution in [0.15, 0.2) is 59.0 Å². The first kappa shape index (κ1) is 20.5. The summed E-state index contributed by atoms with van der Waals surface area (Å²) in [6.45, 7) is 0. The monoisotopic (exact) mass is 415 g/mol. The number of hydrogen-bond donors (Lipinski definition) is 1. The molecular weight excluding hydrogens is 394 g/mol. The highest BCUT2D eigenvalue weighted by Gasteiger charge is 2.16. The number of ether oxygens (including phenoxy) is 1. The third-order valence-corrected chi connectivity index (χ3v) is 5.78. The van der Waals surface area contributed by atoms with Crippen LogP contribution in [0.25, 0.3) is 11.5 Å². The van der Waals surface area contributed by atoms with Crippen molar-refractivity contribution in [1.29, 1.82) is 0 Å². The summed E-state index contributed by atoms with van der Waals surface area (Å²) in [6.07, 6.45) is 0.231. The van der Waals surface area contributed by atoms with Gasteiger partial charge in [0.05, 0.1) is 24.2 Å². The fraction of sp³-hybridized carbons (Fsp3) is 0.250.